The molecule has 0 spiro atoms. The lowest BCUT2D eigenvalue weighted by atomic mass is 9.99. The second kappa shape index (κ2) is 9.07. The molecular formula is C23H29N5O2. The predicted molar refractivity (Wildman–Crippen MR) is 119 cm³/mol. The van der Waals surface area contributed by atoms with Crippen LogP contribution in [0.25, 0.3) is 5.65 Å². The Morgan fingerprint density at radius 2 is 1.97 bits per heavy atom. The number of ether oxygens (including phenoxy) is 2. The molecule has 1 aliphatic rings. The van der Waals surface area contributed by atoms with Crippen molar-refractivity contribution in [2.75, 3.05) is 33.9 Å². The van der Waals surface area contributed by atoms with Gasteiger partial charge in [-0.2, -0.15) is 0 Å². The van der Waals surface area contributed by atoms with Crippen LogP contribution in [0.1, 0.15) is 23.7 Å². The lowest BCUT2D eigenvalue weighted by Gasteiger charge is -2.32. The van der Waals surface area contributed by atoms with Crippen LogP contribution in [0.15, 0.2) is 47.7 Å². The summed E-state index contributed by atoms with van der Waals surface area (Å²) in [4.78, 5) is 11.9. The quantitative estimate of drug-likeness (QED) is 0.503. The molecule has 1 N–H and O–H groups in total. The Labute approximate surface area is 177 Å². The highest BCUT2D eigenvalue weighted by Crippen LogP contribution is 2.33. The maximum absolute atomic E-state index is 5.49. The molecule has 0 radical (unpaired) electrons. The van der Waals surface area contributed by atoms with Crippen LogP contribution in [0.5, 0.6) is 11.5 Å². The molecule has 30 heavy (non-hydrogen) atoms. The third-order valence-corrected chi connectivity index (χ3v) is 5.40. The molecule has 0 saturated heterocycles. The molecule has 7 nitrogen and oxygen atoms in total. The van der Waals surface area contributed by atoms with Gasteiger partial charge in [0.1, 0.15) is 5.65 Å². The number of benzene rings is 1. The zero-order valence-corrected chi connectivity index (χ0v) is 17.9. The number of aliphatic imine (C=N–C) groups is 1. The average molecular weight is 408 g/mol. The Morgan fingerprint density at radius 1 is 1.17 bits per heavy atom. The smallest absolute Gasteiger partial charge is 0.194 e. The van der Waals surface area contributed by atoms with Gasteiger partial charge in [-0.15, -0.1) is 0 Å². The van der Waals surface area contributed by atoms with Crippen molar-refractivity contribution in [1.29, 1.82) is 0 Å². The van der Waals surface area contributed by atoms with Crippen molar-refractivity contribution < 1.29 is 9.47 Å². The van der Waals surface area contributed by atoms with Gasteiger partial charge in [-0.1, -0.05) is 6.07 Å². The van der Waals surface area contributed by atoms with Crippen LogP contribution in [-0.4, -0.2) is 54.1 Å². The van der Waals surface area contributed by atoms with Gasteiger partial charge >= 0.3 is 0 Å². The molecule has 0 amide bonds. The molecule has 158 valence electrons. The number of imidazole rings is 1. The Kier molecular flexibility index (Phi) is 6.07. The normalized spacial score (nSPS) is 14.0. The van der Waals surface area contributed by atoms with Gasteiger partial charge in [-0.3, -0.25) is 4.99 Å². The van der Waals surface area contributed by atoms with Gasteiger partial charge in [0.25, 0.3) is 0 Å². The van der Waals surface area contributed by atoms with Crippen LogP contribution >= 0.6 is 0 Å². The van der Waals surface area contributed by atoms with Gasteiger partial charge in [0, 0.05) is 45.0 Å². The summed E-state index contributed by atoms with van der Waals surface area (Å²) < 4.78 is 13.0. The van der Waals surface area contributed by atoms with Crippen LogP contribution in [-0.2, 0) is 19.4 Å². The SMILES string of the molecule is CCNC(=NCCc1cn2ccccc2n1)N1CCc2cc(OC)c(OC)cc2C1. The maximum atomic E-state index is 5.49. The number of nitrogens with one attached hydrogen (secondary N) is 1. The van der Waals surface area contributed by atoms with E-state index in [1.54, 1.807) is 14.2 Å². The standard InChI is InChI=1S/C23H29N5O2/c1-4-24-23(25-10-8-19-16-27-11-6-5-7-22(27)26-19)28-12-9-17-13-20(29-2)21(30-3)14-18(17)15-28/h5-7,11,13-14,16H,4,8-10,12,15H2,1-3H3,(H,24,25). The Morgan fingerprint density at radius 3 is 2.70 bits per heavy atom. The molecule has 2 aromatic heterocycles. The highest BCUT2D eigenvalue weighted by atomic mass is 16.5. The van der Waals surface area contributed by atoms with E-state index in [4.69, 9.17) is 14.5 Å². The molecule has 3 heterocycles. The number of rotatable bonds is 6. The van der Waals surface area contributed by atoms with Gasteiger partial charge in [0.2, 0.25) is 0 Å². The Bertz CT molecular complexity index is 1010. The van der Waals surface area contributed by atoms with Crippen molar-refractivity contribution in [3.8, 4) is 11.5 Å². The van der Waals surface area contributed by atoms with Crippen LogP contribution < -0.4 is 14.8 Å². The first-order valence-corrected chi connectivity index (χ1v) is 10.4. The number of methoxy groups -OCH3 is 2. The molecule has 0 saturated carbocycles. The van der Waals surface area contributed by atoms with Crippen molar-refractivity contribution in [3.05, 3.63) is 59.5 Å². The Balaban J connectivity index is 1.47. The molecule has 3 aromatic rings. The van der Waals surface area contributed by atoms with Crippen molar-refractivity contribution in [2.24, 2.45) is 4.99 Å². The van der Waals surface area contributed by atoms with Crippen LogP contribution in [0.4, 0.5) is 0 Å². The van der Waals surface area contributed by atoms with Crippen LogP contribution in [0.3, 0.4) is 0 Å². The summed E-state index contributed by atoms with van der Waals surface area (Å²) in [5.41, 5.74) is 4.59. The first-order valence-electron chi connectivity index (χ1n) is 10.4. The highest BCUT2D eigenvalue weighted by molar-refractivity contribution is 5.80. The van der Waals surface area contributed by atoms with E-state index in [0.29, 0.717) is 6.54 Å². The molecule has 0 fully saturated rings. The number of hydrogen-bond acceptors (Lipinski definition) is 4. The summed E-state index contributed by atoms with van der Waals surface area (Å²) in [5, 5.41) is 3.44. The van der Waals surface area contributed by atoms with Gasteiger partial charge in [0.05, 0.1) is 19.9 Å². The topological polar surface area (TPSA) is 63.4 Å². The molecule has 1 aromatic carbocycles. The number of guanidine groups is 1. The number of pyridine rings is 1. The summed E-state index contributed by atoms with van der Waals surface area (Å²) >= 11 is 0. The molecule has 1 aliphatic heterocycles. The summed E-state index contributed by atoms with van der Waals surface area (Å²) in [6.45, 7) is 5.35. The average Bonchev–Trinajstić information content (AvgIpc) is 3.20. The number of fused-ring (bicyclic) bond motifs is 2. The van der Waals surface area contributed by atoms with E-state index in [-0.39, 0.29) is 0 Å². The number of aromatic nitrogens is 2. The molecular weight excluding hydrogens is 378 g/mol. The van der Waals surface area contributed by atoms with Gasteiger partial charge in [-0.25, -0.2) is 4.98 Å². The number of hydrogen-bond donors (Lipinski definition) is 1. The van der Waals surface area contributed by atoms with E-state index in [0.717, 1.165) is 61.3 Å². The minimum absolute atomic E-state index is 0.696. The molecule has 0 bridgehead atoms. The third-order valence-electron chi connectivity index (χ3n) is 5.40. The highest BCUT2D eigenvalue weighted by Gasteiger charge is 2.21. The van der Waals surface area contributed by atoms with Gasteiger partial charge in [0.15, 0.2) is 17.5 Å². The largest absolute Gasteiger partial charge is 0.493 e. The zero-order valence-electron chi connectivity index (χ0n) is 17.9. The molecule has 0 aliphatic carbocycles. The minimum atomic E-state index is 0.696. The summed E-state index contributed by atoms with van der Waals surface area (Å²) in [7, 11) is 3.36. The lowest BCUT2D eigenvalue weighted by molar-refractivity contribution is 0.346. The minimum Gasteiger partial charge on any atom is -0.493 e. The predicted octanol–water partition coefficient (Wildman–Crippen LogP) is 2.92. The fourth-order valence-corrected chi connectivity index (χ4v) is 3.87. The second-order valence-electron chi connectivity index (χ2n) is 7.33. The lowest BCUT2D eigenvalue weighted by Crippen LogP contribution is -2.44. The molecule has 0 unspecified atom stereocenters. The Hall–Kier alpha value is -3.22. The second-order valence-corrected chi connectivity index (χ2v) is 7.33. The zero-order chi connectivity index (χ0) is 20.9. The summed E-state index contributed by atoms with van der Waals surface area (Å²) in [5.74, 6) is 2.51. The third kappa shape index (κ3) is 4.20. The van der Waals surface area contributed by atoms with Crippen molar-refractivity contribution >= 4 is 11.6 Å². The van der Waals surface area contributed by atoms with E-state index in [1.165, 1.54) is 11.1 Å². The fraction of sp³-hybridized carbons (Fsp3) is 0.391. The van der Waals surface area contributed by atoms with Crippen LogP contribution in [0, 0.1) is 0 Å². The molecule has 7 heteroatoms. The first kappa shape index (κ1) is 20.1. The van der Waals surface area contributed by atoms with E-state index in [2.05, 4.69) is 40.5 Å². The molecule has 0 atom stereocenters. The van der Waals surface area contributed by atoms with Crippen LogP contribution in [0.2, 0.25) is 0 Å². The fourth-order valence-electron chi connectivity index (χ4n) is 3.87. The van der Waals surface area contributed by atoms with Crippen molar-refractivity contribution in [2.45, 2.75) is 26.3 Å². The monoisotopic (exact) mass is 407 g/mol. The van der Waals surface area contributed by atoms with E-state index in [1.807, 2.05) is 28.8 Å². The first-order chi connectivity index (χ1) is 14.7. The van der Waals surface area contributed by atoms with E-state index < -0.39 is 0 Å². The summed E-state index contributed by atoms with van der Waals surface area (Å²) in [6, 6.07) is 10.2. The van der Waals surface area contributed by atoms with Crippen molar-refractivity contribution in [1.82, 2.24) is 19.6 Å². The van der Waals surface area contributed by atoms with E-state index >= 15 is 0 Å². The maximum Gasteiger partial charge on any atom is 0.194 e. The van der Waals surface area contributed by atoms with E-state index in [9.17, 15) is 0 Å². The van der Waals surface area contributed by atoms with Gasteiger partial charge < -0.3 is 24.1 Å². The number of nitrogens with zero attached hydrogens (tertiary/aromatic N) is 4. The summed E-state index contributed by atoms with van der Waals surface area (Å²) in [6.07, 6.45) is 5.86. The molecule has 4 rings (SSSR count). The van der Waals surface area contributed by atoms with Crippen molar-refractivity contribution in [3.63, 3.8) is 0 Å². The van der Waals surface area contributed by atoms with Gasteiger partial charge in [-0.05, 0) is 48.7 Å².